The summed E-state index contributed by atoms with van der Waals surface area (Å²) in [6.45, 7) is 0. The lowest BCUT2D eigenvalue weighted by Gasteiger charge is -2.08. The van der Waals surface area contributed by atoms with Crippen LogP contribution in [0.1, 0.15) is 10.4 Å². The van der Waals surface area contributed by atoms with Crippen molar-refractivity contribution in [3.05, 3.63) is 56.5 Å². The van der Waals surface area contributed by atoms with Crippen molar-refractivity contribution >= 4 is 50.7 Å². The van der Waals surface area contributed by atoms with E-state index < -0.39 is 0 Å². The zero-order valence-electron chi connectivity index (χ0n) is 9.45. The maximum absolute atomic E-state index is 12.0. The summed E-state index contributed by atoms with van der Waals surface area (Å²) < 4.78 is 0.716. The number of nitrogens with one attached hydrogen (secondary N) is 1. The van der Waals surface area contributed by atoms with Crippen LogP contribution in [0.5, 0.6) is 5.75 Å². The molecular weight excluding hydrogens is 353 g/mol. The summed E-state index contributed by atoms with van der Waals surface area (Å²) in [5.74, 6) is -0.295. The number of carbonyl (C=O) groups is 1. The molecule has 0 aliphatic rings. The molecule has 2 aromatic rings. The Hall–Kier alpha value is -1.23. The molecule has 0 aromatic heterocycles. The lowest BCUT2D eigenvalue weighted by Crippen LogP contribution is -2.12. The molecule has 0 aliphatic carbocycles. The van der Waals surface area contributed by atoms with Crippen molar-refractivity contribution in [1.29, 1.82) is 0 Å². The van der Waals surface area contributed by atoms with E-state index in [1.165, 1.54) is 18.2 Å². The summed E-state index contributed by atoms with van der Waals surface area (Å²) in [7, 11) is 0. The van der Waals surface area contributed by atoms with Gasteiger partial charge in [-0.15, -0.1) is 0 Å². The van der Waals surface area contributed by atoms with Crippen molar-refractivity contribution in [2.24, 2.45) is 0 Å². The number of hydrogen-bond donors (Lipinski definition) is 2. The minimum absolute atomic E-state index is 0.0367. The number of phenolic OH excluding ortho intramolecular Hbond substituents is 1. The highest BCUT2D eigenvalue weighted by atomic mass is 79.9. The number of halogens is 3. The minimum Gasteiger partial charge on any atom is -0.508 e. The molecule has 2 aromatic carbocycles. The molecule has 0 atom stereocenters. The molecule has 3 nitrogen and oxygen atoms in total. The summed E-state index contributed by atoms with van der Waals surface area (Å²) in [5.41, 5.74) is 0.834. The minimum atomic E-state index is -0.331. The first-order valence-electron chi connectivity index (χ1n) is 5.22. The van der Waals surface area contributed by atoms with E-state index in [2.05, 4.69) is 21.2 Å². The number of hydrogen-bond acceptors (Lipinski definition) is 2. The predicted octanol–water partition coefficient (Wildman–Crippen LogP) is 4.71. The summed E-state index contributed by atoms with van der Waals surface area (Å²) in [4.78, 5) is 12.0. The molecule has 0 radical (unpaired) electrons. The van der Waals surface area contributed by atoms with Gasteiger partial charge in [0.05, 0.1) is 15.7 Å². The van der Waals surface area contributed by atoms with Crippen LogP contribution in [0, 0.1) is 0 Å². The quantitative estimate of drug-likeness (QED) is 0.761. The zero-order valence-corrected chi connectivity index (χ0v) is 12.6. The SMILES string of the molecule is O=C(Nc1ccc(O)cc1Cl)c1ccc(Br)c(Cl)c1. The summed E-state index contributed by atoms with van der Waals surface area (Å²) in [6, 6.07) is 9.20. The van der Waals surface area contributed by atoms with Gasteiger partial charge in [0, 0.05) is 16.1 Å². The molecular formula is C13H8BrCl2NO2. The third-order valence-corrected chi connectivity index (χ3v) is 3.93. The van der Waals surface area contributed by atoms with Crippen LogP contribution >= 0.6 is 39.1 Å². The molecule has 98 valence electrons. The smallest absolute Gasteiger partial charge is 0.255 e. The van der Waals surface area contributed by atoms with E-state index in [4.69, 9.17) is 23.2 Å². The normalized spacial score (nSPS) is 10.3. The highest BCUT2D eigenvalue weighted by Crippen LogP contribution is 2.27. The van der Waals surface area contributed by atoms with Crippen molar-refractivity contribution in [2.45, 2.75) is 0 Å². The Morgan fingerprint density at radius 1 is 1.11 bits per heavy atom. The summed E-state index contributed by atoms with van der Waals surface area (Å²) >= 11 is 15.1. The van der Waals surface area contributed by atoms with Gasteiger partial charge in [0.2, 0.25) is 0 Å². The molecule has 2 N–H and O–H groups in total. The van der Waals surface area contributed by atoms with Gasteiger partial charge in [-0.05, 0) is 46.3 Å². The average molecular weight is 361 g/mol. The Morgan fingerprint density at radius 2 is 1.84 bits per heavy atom. The molecule has 6 heteroatoms. The highest BCUT2D eigenvalue weighted by Gasteiger charge is 2.10. The zero-order chi connectivity index (χ0) is 14.0. The molecule has 0 bridgehead atoms. The van der Waals surface area contributed by atoms with Crippen molar-refractivity contribution in [2.75, 3.05) is 5.32 Å². The van der Waals surface area contributed by atoms with Gasteiger partial charge in [-0.2, -0.15) is 0 Å². The fourth-order valence-corrected chi connectivity index (χ4v) is 2.09. The largest absolute Gasteiger partial charge is 0.508 e. The topological polar surface area (TPSA) is 49.3 Å². The number of anilines is 1. The Morgan fingerprint density at radius 3 is 2.47 bits per heavy atom. The van der Waals surface area contributed by atoms with E-state index in [9.17, 15) is 9.90 Å². The molecule has 0 fully saturated rings. The van der Waals surface area contributed by atoms with Crippen molar-refractivity contribution in [3.63, 3.8) is 0 Å². The Bertz CT molecular complexity index is 647. The van der Waals surface area contributed by atoms with Gasteiger partial charge in [-0.1, -0.05) is 23.2 Å². The van der Waals surface area contributed by atoms with E-state index in [1.807, 2.05) is 0 Å². The Balaban J connectivity index is 2.23. The highest BCUT2D eigenvalue weighted by molar-refractivity contribution is 9.10. The molecule has 1 amide bonds. The average Bonchev–Trinajstić information content (AvgIpc) is 2.36. The standard InChI is InChI=1S/C13H8BrCl2NO2/c14-9-3-1-7(5-10(9)15)13(19)17-12-4-2-8(18)6-11(12)16/h1-6,18H,(H,17,19). The molecule has 0 spiro atoms. The van der Waals surface area contributed by atoms with Crippen molar-refractivity contribution in [1.82, 2.24) is 0 Å². The predicted molar refractivity (Wildman–Crippen MR) is 80.2 cm³/mol. The summed E-state index contributed by atoms with van der Waals surface area (Å²) in [5, 5.41) is 12.6. The first-order chi connectivity index (χ1) is 8.97. The lowest BCUT2D eigenvalue weighted by molar-refractivity contribution is 0.102. The second kappa shape index (κ2) is 5.82. The number of phenols is 1. The van der Waals surface area contributed by atoms with E-state index in [1.54, 1.807) is 18.2 Å². The fraction of sp³-hybridized carbons (Fsp3) is 0. The van der Waals surface area contributed by atoms with Crippen LogP contribution in [-0.2, 0) is 0 Å². The van der Waals surface area contributed by atoms with Crippen LogP contribution in [0.3, 0.4) is 0 Å². The lowest BCUT2D eigenvalue weighted by atomic mass is 10.2. The maximum atomic E-state index is 12.0. The molecule has 0 heterocycles. The van der Waals surface area contributed by atoms with Crippen LogP contribution in [-0.4, -0.2) is 11.0 Å². The van der Waals surface area contributed by atoms with Crippen LogP contribution in [0.4, 0.5) is 5.69 Å². The van der Waals surface area contributed by atoms with Crippen LogP contribution in [0.25, 0.3) is 0 Å². The molecule has 0 unspecified atom stereocenters. The number of benzene rings is 2. The van der Waals surface area contributed by atoms with Crippen molar-refractivity contribution < 1.29 is 9.90 Å². The van der Waals surface area contributed by atoms with E-state index >= 15 is 0 Å². The third-order valence-electron chi connectivity index (χ3n) is 2.38. The first kappa shape index (κ1) is 14.2. The van der Waals surface area contributed by atoms with E-state index in [0.717, 1.165) is 0 Å². The number of rotatable bonds is 2. The number of amides is 1. The molecule has 2 rings (SSSR count). The van der Waals surface area contributed by atoms with Crippen LogP contribution in [0.15, 0.2) is 40.9 Å². The van der Waals surface area contributed by atoms with Gasteiger partial charge in [-0.3, -0.25) is 4.79 Å². The first-order valence-corrected chi connectivity index (χ1v) is 6.77. The molecule has 19 heavy (non-hydrogen) atoms. The van der Waals surface area contributed by atoms with Crippen molar-refractivity contribution in [3.8, 4) is 5.75 Å². The Labute approximate surface area is 128 Å². The number of aromatic hydroxyl groups is 1. The van der Waals surface area contributed by atoms with Crippen LogP contribution in [0.2, 0.25) is 10.0 Å². The molecule has 0 saturated heterocycles. The molecule has 0 saturated carbocycles. The second-order valence-electron chi connectivity index (χ2n) is 3.75. The van der Waals surface area contributed by atoms with Gasteiger partial charge < -0.3 is 10.4 Å². The maximum Gasteiger partial charge on any atom is 0.255 e. The molecule has 0 aliphatic heterocycles. The number of carbonyl (C=O) groups excluding carboxylic acids is 1. The van der Waals surface area contributed by atoms with Crippen LogP contribution < -0.4 is 5.32 Å². The summed E-state index contributed by atoms with van der Waals surface area (Å²) in [6.07, 6.45) is 0. The van der Waals surface area contributed by atoms with Gasteiger partial charge in [0.25, 0.3) is 5.91 Å². The second-order valence-corrected chi connectivity index (χ2v) is 5.42. The Kier molecular flexibility index (Phi) is 4.34. The van der Waals surface area contributed by atoms with E-state index in [0.29, 0.717) is 20.7 Å². The van der Waals surface area contributed by atoms with Gasteiger partial charge in [-0.25, -0.2) is 0 Å². The fourth-order valence-electron chi connectivity index (χ4n) is 1.44. The monoisotopic (exact) mass is 359 g/mol. The van der Waals surface area contributed by atoms with E-state index in [-0.39, 0.29) is 16.7 Å². The van der Waals surface area contributed by atoms with Gasteiger partial charge in [0.15, 0.2) is 0 Å². The van der Waals surface area contributed by atoms with Gasteiger partial charge in [0.1, 0.15) is 5.75 Å². The third kappa shape index (κ3) is 3.41. The van der Waals surface area contributed by atoms with Gasteiger partial charge >= 0.3 is 0 Å².